The van der Waals surface area contributed by atoms with Crippen molar-refractivity contribution in [2.24, 2.45) is 5.92 Å². The van der Waals surface area contributed by atoms with E-state index in [0.29, 0.717) is 18.0 Å². The number of rotatable bonds is 5. The van der Waals surface area contributed by atoms with Crippen molar-refractivity contribution in [1.29, 1.82) is 0 Å². The Balaban J connectivity index is 2.17. The van der Waals surface area contributed by atoms with Crippen molar-refractivity contribution in [3.8, 4) is 0 Å². The molecule has 1 fully saturated rings. The topological polar surface area (TPSA) is 94.9 Å². The minimum atomic E-state index is -3.57. The molecule has 0 saturated carbocycles. The van der Waals surface area contributed by atoms with Crippen LogP contribution in [0.2, 0.25) is 0 Å². The van der Waals surface area contributed by atoms with Gasteiger partial charge in [-0.25, -0.2) is 8.42 Å². The molecule has 0 aliphatic carbocycles. The molecule has 2 N–H and O–H groups in total. The Morgan fingerprint density at radius 1 is 1.45 bits per heavy atom. The quantitative estimate of drug-likeness (QED) is 0.836. The van der Waals surface area contributed by atoms with Crippen LogP contribution in [0.5, 0.6) is 0 Å². The Labute approximate surface area is 121 Å². The SMILES string of the molecule is O=C(O)Cc1ccc(S(=O)(=O)N2CCCC(CO)C2)s1. The van der Waals surface area contributed by atoms with Crippen LogP contribution in [0.1, 0.15) is 17.7 Å². The summed E-state index contributed by atoms with van der Waals surface area (Å²) in [7, 11) is -3.57. The summed E-state index contributed by atoms with van der Waals surface area (Å²) in [5.74, 6) is -0.994. The van der Waals surface area contributed by atoms with Crippen molar-refractivity contribution in [2.45, 2.75) is 23.5 Å². The lowest BCUT2D eigenvalue weighted by Gasteiger charge is -2.30. The van der Waals surface area contributed by atoms with Gasteiger partial charge in [-0.2, -0.15) is 4.31 Å². The number of sulfonamides is 1. The Kier molecular flexibility index (Phi) is 4.79. The first kappa shape index (κ1) is 15.4. The van der Waals surface area contributed by atoms with E-state index in [1.165, 1.54) is 10.4 Å². The Bertz CT molecular complexity index is 580. The van der Waals surface area contributed by atoms with Gasteiger partial charge in [-0.3, -0.25) is 4.79 Å². The van der Waals surface area contributed by atoms with Crippen molar-refractivity contribution in [3.63, 3.8) is 0 Å². The van der Waals surface area contributed by atoms with E-state index in [9.17, 15) is 13.2 Å². The van der Waals surface area contributed by atoms with Crippen LogP contribution in [-0.2, 0) is 21.2 Å². The maximum absolute atomic E-state index is 12.5. The second kappa shape index (κ2) is 6.21. The van der Waals surface area contributed by atoms with Gasteiger partial charge in [0.1, 0.15) is 4.21 Å². The van der Waals surface area contributed by atoms with Gasteiger partial charge in [-0.1, -0.05) is 0 Å². The lowest BCUT2D eigenvalue weighted by molar-refractivity contribution is -0.136. The normalized spacial score (nSPS) is 20.9. The summed E-state index contributed by atoms with van der Waals surface area (Å²) in [6.45, 7) is 0.761. The molecule has 2 rings (SSSR count). The van der Waals surface area contributed by atoms with Gasteiger partial charge in [0.05, 0.1) is 6.42 Å². The molecule has 20 heavy (non-hydrogen) atoms. The number of thiophene rings is 1. The minimum Gasteiger partial charge on any atom is -0.481 e. The molecular formula is C12H17NO5S2. The number of hydrogen-bond acceptors (Lipinski definition) is 5. The average Bonchev–Trinajstić information content (AvgIpc) is 2.87. The van der Waals surface area contributed by atoms with Crippen molar-refractivity contribution in [1.82, 2.24) is 4.31 Å². The number of aliphatic hydroxyl groups is 1. The van der Waals surface area contributed by atoms with Crippen LogP contribution < -0.4 is 0 Å². The van der Waals surface area contributed by atoms with Crippen molar-refractivity contribution >= 4 is 27.3 Å². The van der Waals surface area contributed by atoms with E-state index in [4.69, 9.17) is 10.2 Å². The molecule has 1 aliphatic rings. The van der Waals surface area contributed by atoms with Crippen molar-refractivity contribution in [3.05, 3.63) is 17.0 Å². The van der Waals surface area contributed by atoms with Gasteiger partial charge in [0.2, 0.25) is 0 Å². The zero-order valence-corrected chi connectivity index (χ0v) is 12.5. The van der Waals surface area contributed by atoms with Gasteiger partial charge in [0.25, 0.3) is 10.0 Å². The molecule has 0 bridgehead atoms. The first-order valence-corrected chi connectivity index (χ1v) is 8.60. The van der Waals surface area contributed by atoms with Crippen LogP contribution >= 0.6 is 11.3 Å². The van der Waals surface area contributed by atoms with Crippen LogP contribution in [0.3, 0.4) is 0 Å². The smallest absolute Gasteiger partial charge is 0.308 e. The minimum absolute atomic E-state index is 0.0132. The van der Waals surface area contributed by atoms with E-state index in [1.54, 1.807) is 6.07 Å². The number of aliphatic hydroxyl groups excluding tert-OH is 1. The molecule has 1 aromatic heterocycles. The molecule has 1 unspecified atom stereocenters. The third kappa shape index (κ3) is 3.38. The number of nitrogens with zero attached hydrogens (tertiary/aromatic N) is 1. The number of piperidine rings is 1. The molecule has 0 radical (unpaired) electrons. The third-order valence-electron chi connectivity index (χ3n) is 3.30. The molecule has 1 aromatic rings. The number of carboxylic acid groups (broad SMARTS) is 1. The standard InChI is InChI=1S/C12H17NO5S2/c14-8-9-2-1-5-13(7-9)20(17,18)12-4-3-10(19-12)6-11(15)16/h3-4,9,14H,1-2,5-8H2,(H,15,16). The molecule has 2 heterocycles. The highest BCUT2D eigenvalue weighted by atomic mass is 32.2. The zero-order valence-electron chi connectivity index (χ0n) is 10.9. The van der Waals surface area contributed by atoms with Crippen LogP contribution in [-0.4, -0.2) is 48.6 Å². The number of aliphatic carboxylic acids is 1. The molecule has 0 spiro atoms. The zero-order chi connectivity index (χ0) is 14.8. The van der Waals surface area contributed by atoms with Crippen molar-refractivity contribution < 1.29 is 23.4 Å². The summed E-state index contributed by atoms with van der Waals surface area (Å²) in [6, 6.07) is 3.00. The van der Waals surface area contributed by atoms with Gasteiger partial charge in [0, 0.05) is 24.6 Å². The summed E-state index contributed by atoms with van der Waals surface area (Å²) in [5, 5.41) is 17.9. The number of hydrogen-bond donors (Lipinski definition) is 2. The number of carbonyl (C=O) groups is 1. The highest BCUT2D eigenvalue weighted by Crippen LogP contribution is 2.28. The van der Waals surface area contributed by atoms with E-state index >= 15 is 0 Å². The van der Waals surface area contributed by atoms with Gasteiger partial charge in [-0.05, 0) is 30.9 Å². The monoisotopic (exact) mass is 319 g/mol. The van der Waals surface area contributed by atoms with E-state index in [1.807, 2.05) is 0 Å². The second-order valence-electron chi connectivity index (χ2n) is 4.85. The van der Waals surface area contributed by atoms with Crippen molar-refractivity contribution in [2.75, 3.05) is 19.7 Å². The summed E-state index contributed by atoms with van der Waals surface area (Å²) in [4.78, 5) is 11.2. The highest BCUT2D eigenvalue weighted by molar-refractivity contribution is 7.91. The molecule has 1 aliphatic heterocycles. The predicted molar refractivity (Wildman–Crippen MR) is 74.2 cm³/mol. The maximum Gasteiger partial charge on any atom is 0.308 e. The molecule has 1 atom stereocenters. The van der Waals surface area contributed by atoms with Gasteiger partial charge in [0.15, 0.2) is 0 Å². The fraction of sp³-hybridized carbons (Fsp3) is 0.583. The summed E-state index contributed by atoms with van der Waals surface area (Å²) in [5.41, 5.74) is 0. The van der Waals surface area contributed by atoms with Crippen LogP contribution in [0.25, 0.3) is 0 Å². The fourth-order valence-corrected chi connectivity index (χ4v) is 5.32. The molecule has 1 saturated heterocycles. The summed E-state index contributed by atoms with van der Waals surface area (Å²) >= 11 is 0.998. The second-order valence-corrected chi connectivity index (χ2v) is 8.18. The van der Waals surface area contributed by atoms with Crippen LogP contribution in [0.4, 0.5) is 0 Å². The first-order valence-electron chi connectivity index (χ1n) is 6.35. The Morgan fingerprint density at radius 2 is 2.20 bits per heavy atom. The third-order valence-corrected chi connectivity index (χ3v) is 6.71. The summed E-state index contributed by atoms with van der Waals surface area (Å²) < 4.78 is 26.5. The Hall–Kier alpha value is -0.960. The van der Waals surface area contributed by atoms with E-state index in [0.717, 1.165) is 24.2 Å². The lowest BCUT2D eigenvalue weighted by Crippen LogP contribution is -2.40. The van der Waals surface area contributed by atoms with E-state index < -0.39 is 16.0 Å². The van der Waals surface area contributed by atoms with Gasteiger partial charge in [-0.15, -0.1) is 11.3 Å². The highest BCUT2D eigenvalue weighted by Gasteiger charge is 2.31. The lowest BCUT2D eigenvalue weighted by atomic mass is 10.0. The molecule has 6 nitrogen and oxygen atoms in total. The predicted octanol–water partition coefficient (Wildman–Crippen LogP) is 0.768. The maximum atomic E-state index is 12.5. The van der Waals surface area contributed by atoms with Gasteiger partial charge < -0.3 is 10.2 Å². The van der Waals surface area contributed by atoms with Crippen LogP contribution in [0, 0.1) is 5.92 Å². The first-order chi connectivity index (χ1) is 9.43. The molecule has 0 amide bonds. The fourth-order valence-electron chi connectivity index (χ4n) is 2.26. The average molecular weight is 319 g/mol. The molecule has 8 heteroatoms. The summed E-state index contributed by atoms with van der Waals surface area (Å²) in [6.07, 6.45) is 1.40. The molecule has 112 valence electrons. The van der Waals surface area contributed by atoms with E-state index in [2.05, 4.69) is 0 Å². The number of carboxylic acids is 1. The Morgan fingerprint density at radius 3 is 2.85 bits per heavy atom. The molecule has 0 aromatic carbocycles. The largest absolute Gasteiger partial charge is 0.481 e. The van der Waals surface area contributed by atoms with Gasteiger partial charge >= 0.3 is 5.97 Å². The molecular weight excluding hydrogens is 302 g/mol. The van der Waals surface area contributed by atoms with E-state index in [-0.39, 0.29) is 23.2 Å². The van der Waals surface area contributed by atoms with Crippen LogP contribution in [0.15, 0.2) is 16.3 Å².